The number of rotatable bonds is 6. The molecule has 8 heteroatoms. The first kappa shape index (κ1) is 22.6. The Morgan fingerprint density at radius 3 is 2.50 bits per heavy atom. The molecular formula is C20H31IN6O. The number of benzene rings is 1. The number of nitrogens with zero attached hydrogens (tertiary/aromatic N) is 4. The molecule has 0 radical (unpaired) electrons. The van der Waals surface area contributed by atoms with E-state index < -0.39 is 0 Å². The van der Waals surface area contributed by atoms with Crippen molar-refractivity contribution in [1.29, 1.82) is 0 Å². The number of hydrogen-bond acceptors (Lipinski definition) is 4. The van der Waals surface area contributed by atoms with Crippen molar-refractivity contribution in [2.75, 3.05) is 39.9 Å². The van der Waals surface area contributed by atoms with Gasteiger partial charge in [0.25, 0.3) is 0 Å². The first-order valence-corrected chi connectivity index (χ1v) is 9.45. The maximum absolute atomic E-state index is 5.46. The minimum atomic E-state index is 0. The van der Waals surface area contributed by atoms with E-state index >= 15 is 0 Å². The second-order valence-corrected chi connectivity index (χ2v) is 7.31. The van der Waals surface area contributed by atoms with Crippen molar-refractivity contribution in [3.63, 3.8) is 0 Å². The van der Waals surface area contributed by atoms with Crippen LogP contribution in [0.2, 0.25) is 0 Å². The highest BCUT2D eigenvalue weighted by Crippen LogP contribution is 2.15. The Hall–Kier alpha value is -1.65. The summed E-state index contributed by atoms with van der Waals surface area (Å²) in [7, 11) is 1.80. The molecular weight excluding hydrogens is 467 g/mol. The van der Waals surface area contributed by atoms with Gasteiger partial charge in [-0.15, -0.1) is 24.0 Å². The predicted octanol–water partition coefficient (Wildman–Crippen LogP) is 2.27. The van der Waals surface area contributed by atoms with Gasteiger partial charge in [-0.25, -0.2) is 4.68 Å². The Bertz CT molecular complexity index is 724. The third kappa shape index (κ3) is 6.18. The quantitative estimate of drug-likeness (QED) is 0.364. The van der Waals surface area contributed by atoms with Crippen LogP contribution in [-0.2, 0) is 11.3 Å². The monoisotopic (exact) mass is 498 g/mol. The molecule has 2 N–H and O–H groups in total. The van der Waals surface area contributed by atoms with E-state index in [2.05, 4.69) is 63.7 Å². The van der Waals surface area contributed by atoms with Crippen LogP contribution in [-0.4, -0.2) is 66.1 Å². The summed E-state index contributed by atoms with van der Waals surface area (Å²) < 4.78 is 7.31. The van der Waals surface area contributed by atoms with Gasteiger partial charge < -0.3 is 15.4 Å². The largest absolute Gasteiger partial charge is 0.379 e. The molecule has 2 aromatic rings. The van der Waals surface area contributed by atoms with Crippen molar-refractivity contribution < 1.29 is 4.74 Å². The van der Waals surface area contributed by atoms with E-state index in [1.807, 2.05) is 16.9 Å². The Kier molecular flexibility index (Phi) is 8.71. The van der Waals surface area contributed by atoms with E-state index in [9.17, 15) is 0 Å². The van der Waals surface area contributed by atoms with Gasteiger partial charge in [0.2, 0.25) is 0 Å². The molecule has 0 amide bonds. The topological polar surface area (TPSA) is 66.7 Å². The summed E-state index contributed by atoms with van der Waals surface area (Å²) in [6.07, 6.45) is 3.72. The number of halogens is 1. The maximum atomic E-state index is 5.46. The average molecular weight is 498 g/mol. The van der Waals surface area contributed by atoms with Crippen molar-refractivity contribution in [3.8, 4) is 5.69 Å². The SMILES string of the molecule is CN=C(NCc1ccc(-n2cccn2)cc1)NCC(C)(C)N1CCOCC1.I. The smallest absolute Gasteiger partial charge is 0.191 e. The summed E-state index contributed by atoms with van der Waals surface area (Å²) in [5, 5.41) is 11.1. The normalized spacial score (nSPS) is 15.8. The number of ether oxygens (including phenoxy) is 1. The fourth-order valence-corrected chi connectivity index (χ4v) is 3.17. The summed E-state index contributed by atoms with van der Waals surface area (Å²) in [6, 6.07) is 10.3. The third-order valence-electron chi connectivity index (χ3n) is 4.94. The molecule has 0 bridgehead atoms. The fraction of sp³-hybridized carbons (Fsp3) is 0.500. The molecule has 1 aromatic heterocycles. The molecule has 1 aromatic carbocycles. The molecule has 1 aliphatic heterocycles. The highest BCUT2D eigenvalue weighted by molar-refractivity contribution is 14.0. The maximum Gasteiger partial charge on any atom is 0.191 e. The Balaban J connectivity index is 0.00000280. The van der Waals surface area contributed by atoms with Crippen LogP contribution in [0.15, 0.2) is 47.7 Å². The zero-order chi connectivity index (χ0) is 19.1. The summed E-state index contributed by atoms with van der Waals surface area (Å²) in [5.74, 6) is 0.812. The van der Waals surface area contributed by atoms with Gasteiger partial charge >= 0.3 is 0 Å². The molecule has 7 nitrogen and oxygen atoms in total. The minimum absolute atomic E-state index is 0. The predicted molar refractivity (Wildman–Crippen MR) is 124 cm³/mol. The fourth-order valence-electron chi connectivity index (χ4n) is 3.17. The van der Waals surface area contributed by atoms with E-state index in [4.69, 9.17) is 4.74 Å². The number of aliphatic imine (C=N–C) groups is 1. The lowest BCUT2D eigenvalue weighted by atomic mass is 10.0. The van der Waals surface area contributed by atoms with Crippen LogP contribution in [0.25, 0.3) is 5.69 Å². The Morgan fingerprint density at radius 1 is 1.18 bits per heavy atom. The number of aromatic nitrogens is 2. The highest BCUT2D eigenvalue weighted by atomic mass is 127. The van der Waals surface area contributed by atoms with Crippen molar-refractivity contribution in [3.05, 3.63) is 48.3 Å². The zero-order valence-electron chi connectivity index (χ0n) is 16.9. The van der Waals surface area contributed by atoms with Crippen LogP contribution >= 0.6 is 24.0 Å². The van der Waals surface area contributed by atoms with E-state index in [1.54, 1.807) is 13.2 Å². The van der Waals surface area contributed by atoms with Crippen LogP contribution in [0.4, 0.5) is 0 Å². The van der Waals surface area contributed by atoms with Gasteiger partial charge in [0.05, 0.1) is 18.9 Å². The molecule has 1 fully saturated rings. The highest BCUT2D eigenvalue weighted by Gasteiger charge is 2.28. The van der Waals surface area contributed by atoms with Gasteiger partial charge in [-0.3, -0.25) is 9.89 Å². The van der Waals surface area contributed by atoms with E-state index in [-0.39, 0.29) is 29.5 Å². The van der Waals surface area contributed by atoms with E-state index in [0.29, 0.717) is 0 Å². The van der Waals surface area contributed by atoms with Gasteiger partial charge in [0.15, 0.2) is 5.96 Å². The number of morpholine rings is 1. The Morgan fingerprint density at radius 2 is 1.89 bits per heavy atom. The molecule has 28 heavy (non-hydrogen) atoms. The Labute approximate surface area is 184 Å². The zero-order valence-corrected chi connectivity index (χ0v) is 19.2. The van der Waals surface area contributed by atoms with Crippen molar-refractivity contribution >= 4 is 29.9 Å². The van der Waals surface area contributed by atoms with Crippen molar-refractivity contribution in [2.45, 2.75) is 25.9 Å². The molecule has 154 valence electrons. The molecule has 0 aliphatic carbocycles. The number of hydrogen-bond donors (Lipinski definition) is 2. The van der Waals surface area contributed by atoms with Crippen LogP contribution in [0, 0.1) is 0 Å². The van der Waals surface area contributed by atoms with E-state index in [0.717, 1.165) is 51.0 Å². The summed E-state index contributed by atoms with van der Waals surface area (Å²) in [6.45, 7) is 9.63. The first-order valence-electron chi connectivity index (χ1n) is 9.45. The van der Waals surface area contributed by atoms with Crippen LogP contribution in [0.3, 0.4) is 0 Å². The van der Waals surface area contributed by atoms with Crippen molar-refractivity contribution in [1.82, 2.24) is 25.3 Å². The molecule has 0 spiro atoms. The summed E-state index contributed by atoms with van der Waals surface area (Å²) in [4.78, 5) is 6.81. The molecule has 0 unspecified atom stereocenters. The summed E-state index contributed by atoms with van der Waals surface area (Å²) >= 11 is 0. The third-order valence-corrected chi connectivity index (χ3v) is 4.94. The molecule has 1 aliphatic rings. The minimum Gasteiger partial charge on any atom is -0.379 e. The number of nitrogens with one attached hydrogen (secondary N) is 2. The van der Waals surface area contributed by atoms with Gasteiger partial charge in [0, 0.05) is 51.2 Å². The second-order valence-electron chi connectivity index (χ2n) is 7.31. The van der Waals surface area contributed by atoms with E-state index in [1.165, 1.54) is 5.56 Å². The van der Waals surface area contributed by atoms with Crippen LogP contribution in [0.1, 0.15) is 19.4 Å². The van der Waals surface area contributed by atoms with Gasteiger partial charge in [-0.2, -0.15) is 5.10 Å². The van der Waals surface area contributed by atoms with Gasteiger partial charge in [-0.05, 0) is 37.6 Å². The molecule has 2 heterocycles. The average Bonchev–Trinajstić information content (AvgIpc) is 3.24. The van der Waals surface area contributed by atoms with Gasteiger partial charge in [-0.1, -0.05) is 12.1 Å². The molecule has 1 saturated heterocycles. The first-order chi connectivity index (χ1) is 13.1. The summed E-state index contributed by atoms with van der Waals surface area (Å²) in [5.41, 5.74) is 2.30. The van der Waals surface area contributed by atoms with Crippen molar-refractivity contribution in [2.24, 2.45) is 4.99 Å². The second kappa shape index (κ2) is 10.8. The number of guanidine groups is 1. The van der Waals surface area contributed by atoms with Crippen LogP contribution < -0.4 is 10.6 Å². The molecule has 3 rings (SSSR count). The lowest BCUT2D eigenvalue weighted by Gasteiger charge is -2.41. The molecule has 0 saturated carbocycles. The standard InChI is InChI=1S/C20H30N6O.HI/c1-20(2,25-11-13-27-14-12-25)16-23-19(21-3)22-15-17-5-7-18(8-6-17)26-10-4-9-24-26;/h4-10H,11-16H2,1-3H3,(H2,21,22,23);1H. The lowest BCUT2D eigenvalue weighted by Crippen LogP contribution is -2.56. The molecule has 0 atom stereocenters. The lowest BCUT2D eigenvalue weighted by molar-refractivity contribution is -0.00834. The van der Waals surface area contributed by atoms with Crippen LogP contribution in [0.5, 0.6) is 0 Å². The van der Waals surface area contributed by atoms with Gasteiger partial charge in [0.1, 0.15) is 0 Å².